The van der Waals surface area contributed by atoms with Crippen molar-refractivity contribution in [2.24, 2.45) is 5.73 Å². The van der Waals surface area contributed by atoms with Crippen molar-refractivity contribution in [2.45, 2.75) is 13.0 Å². The molecule has 0 aliphatic rings. The second kappa shape index (κ2) is 7.26. The summed E-state index contributed by atoms with van der Waals surface area (Å²) in [5, 5.41) is 5.89. The van der Waals surface area contributed by atoms with Gasteiger partial charge < -0.3 is 16.4 Å². The third-order valence-electron chi connectivity index (χ3n) is 3.28. The molecule has 0 spiro atoms. The van der Waals surface area contributed by atoms with Gasteiger partial charge in [-0.25, -0.2) is 0 Å². The molecule has 2 aromatic rings. The normalized spacial score (nSPS) is 11.5. The molecule has 2 amide bonds. The lowest BCUT2D eigenvalue weighted by molar-refractivity contribution is -0.120. The van der Waals surface area contributed by atoms with Crippen molar-refractivity contribution in [2.75, 3.05) is 11.9 Å². The lowest BCUT2D eigenvalue weighted by Gasteiger charge is -2.15. The van der Waals surface area contributed by atoms with E-state index in [1.807, 2.05) is 37.3 Å². The van der Waals surface area contributed by atoms with Gasteiger partial charge in [0.1, 0.15) is 0 Å². The molecule has 4 N–H and O–H groups in total. The molecule has 0 unspecified atom stereocenters. The van der Waals surface area contributed by atoms with Crippen molar-refractivity contribution in [1.29, 1.82) is 0 Å². The number of anilines is 1. The zero-order chi connectivity index (χ0) is 15.9. The topological polar surface area (TPSA) is 84.2 Å². The summed E-state index contributed by atoms with van der Waals surface area (Å²) in [6.45, 7) is 2.06. The lowest BCUT2D eigenvalue weighted by atomic mass is 10.1. The van der Waals surface area contributed by atoms with Gasteiger partial charge in [0.2, 0.25) is 11.8 Å². The molecule has 22 heavy (non-hydrogen) atoms. The molecule has 2 aromatic carbocycles. The molecule has 0 aliphatic heterocycles. The van der Waals surface area contributed by atoms with Crippen LogP contribution in [0.5, 0.6) is 0 Å². The molecule has 0 fully saturated rings. The van der Waals surface area contributed by atoms with Gasteiger partial charge in [-0.2, -0.15) is 0 Å². The molecular formula is C17H19N3O2. The van der Waals surface area contributed by atoms with Crippen molar-refractivity contribution in [3.63, 3.8) is 0 Å². The van der Waals surface area contributed by atoms with Gasteiger partial charge in [0.15, 0.2) is 0 Å². The van der Waals surface area contributed by atoms with E-state index >= 15 is 0 Å². The number of benzene rings is 2. The summed E-state index contributed by atoms with van der Waals surface area (Å²) in [5.41, 5.74) is 7.36. The zero-order valence-electron chi connectivity index (χ0n) is 12.4. The first kappa shape index (κ1) is 15.6. The Bertz CT molecular complexity index is 656. The molecule has 5 heteroatoms. The molecule has 2 rings (SSSR count). The monoisotopic (exact) mass is 297 g/mol. The first-order valence-electron chi connectivity index (χ1n) is 7.04. The van der Waals surface area contributed by atoms with Crippen molar-refractivity contribution < 1.29 is 9.59 Å². The fourth-order valence-corrected chi connectivity index (χ4v) is 2.08. The summed E-state index contributed by atoms with van der Waals surface area (Å²) >= 11 is 0. The second-order valence-corrected chi connectivity index (χ2v) is 5.00. The van der Waals surface area contributed by atoms with E-state index in [9.17, 15) is 9.59 Å². The standard InChI is InChI=1S/C17H19N3O2/c1-12(13-6-3-2-4-7-13)20-16(21)11-19-15-9-5-8-14(10-15)17(18)22/h2-10,12,19H,11H2,1H3,(H2,18,22)(H,20,21)/t12-/m1/s1. The van der Waals surface area contributed by atoms with Gasteiger partial charge in [0, 0.05) is 11.3 Å². The number of nitrogens with one attached hydrogen (secondary N) is 2. The summed E-state index contributed by atoms with van der Waals surface area (Å²) < 4.78 is 0. The highest BCUT2D eigenvalue weighted by atomic mass is 16.2. The highest BCUT2D eigenvalue weighted by molar-refractivity contribution is 5.93. The molecule has 0 heterocycles. The van der Waals surface area contributed by atoms with Crippen molar-refractivity contribution in [1.82, 2.24) is 5.32 Å². The van der Waals surface area contributed by atoms with Gasteiger partial charge in [-0.1, -0.05) is 36.4 Å². The van der Waals surface area contributed by atoms with Crippen molar-refractivity contribution in [3.05, 3.63) is 65.7 Å². The van der Waals surface area contributed by atoms with Crippen LogP contribution in [0.4, 0.5) is 5.69 Å². The molecule has 0 aromatic heterocycles. The SMILES string of the molecule is C[C@@H](NC(=O)CNc1cccc(C(N)=O)c1)c1ccccc1. The number of primary amides is 1. The van der Waals surface area contributed by atoms with Crippen LogP contribution in [0.25, 0.3) is 0 Å². The Labute approximate surface area is 129 Å². The Morgan fingerprint density at radius 3 is 2.50 bits per heavy atom. The third kappa shape index (κ3) is 4.34. The van der Waals surface area contributed by atoms with Crippen LogP contribution in [0.15, 0.2) is 54.6 Å². The number of carbonyl (C=O) groups excluding carboxylic acids is 2. The maximum atomic E-state index is 12.0. The van der Waals surface area contributed by atoms with Crippen LogP contribution >= 0.6 is 0 Å². The second-order valence-electron chi connectivity index (χ2n) is 5.00. The van der Waals surface area contributed by atoms with E-state index in [-0.39, 0.29) is 18.5 Å². The highest BCUT2D eigenvalue weighted by Crippen LogP contribution is 2.12. The van der Waals surface area contributed by atoms with Crippen LogP contribution < -0.4 is 16.4 Å². The van der Waals surface area contributed by atoms with Crippen LogP contribution in [0.2, 0.25) is 0 Å². The Kier molecular flexibility index (Phi) is 5.14. The van der Waals surface area contributed by atoms with Gasteiger partial charge in [0.25, 0.3) is 0 Å². The predicted octanol–water partition coefficient (Wildman–Crippen LogP) is 2.07. The zero-order valence-corrected chi connectivity index (χ0v) is 12.4. The number of amides is 2. The first-order valence-corrected chi connectivity index (χ1v) is 7.04. The van der Waals surface area contributed by atoms with Gasteiger partial charge in [-0.15, -0.1) is 0 Å². The van der Waals surface area contributed by atoms with E-state index in [1.54, 1.807) is 24.3 Å². The Hall–Kier alpha value is -2.82. The minimum Gasteiger partial charge on any atom is -0.376 e. The molecular weight excluding hydrogens is 278 g/mol. The predicted molar refractivity (Wildman–Crippen MR) is 86.4 cm³/mol. The lowest BCUT2D eigenvalue weighted by Crippen LogP contribution is -2.32. The van der Waals surface area contributed by atoms with Crippen molar-refractivity contribution in [3.8, 4) is 0 Å². The molecule has 1 atom stereocenters. The first-order chi connectivity index (χ1) is 10.6. The van der Waals surface area contributed by atoms with Gasteiger partial charge in [0.05, 0.1) is 12.6 Å². The largest absolute Gasteiger partial charge is 0.376 e. The molecule has 0 radical (unpaired) electrons. The van der Waals surface area contributed by atoms with E-state index in [0.717, 1.165) is 5.56 Å². The third-order valence-corrected chi connectivity index (χ3v) is 3.28. The molecule has 0 saturated carbocycles. The summed E-state index contributed by atoms with van der Waals surface area (Å²) in [5.74, 6) is -0.619. The van der Waals surface area contributed by atoms with Crippen LogP contribution in [0, 0.1) is 0 Å². The smallest absolute Gasteiger partial charge is 0.248 e. The van der Waals surface area contributed by atoms with E-state index in [4.69, 9.17) is 5.73 Å². The van der Waals surface area contributed by atoms with Crippen LogP contribution in [0.3, 0.4) is 0 Å². The average molecular weight is 297 g/mol. The average Bonchev–Trinajstić information content (AvgIpc) is 2.54. The van der Waals surface area contributed by atoms with E-state index in [1.165, 1.54) is 0 Å². The number of hydrogen-bond acceptors (Lipinski definition) is 3. The van der Waals surface area contributed by atoms with E-state index in [2.05, 4.69) is 10.6 Å². The number of nitrogens with two attached hydrogens (primary N) is 1. The summed E-state index contributed by atoms with van der Waals surface area (Å²) in [6, 6.07) is 16.4. The van der Waals surface area contributed by atoms with Crippen molar-refractivity contribution >= 4 is 17.5 Å². The maximum Gasteiger partial charge on any atom is 0.248 e. The summed E-state index contributed by atoms with van der Waals surface area (Å²) in [6.07, 6.45) is 0. The number of rotatable bonds is 6. The molecule has 0 saturated heterocycles. The fourth-order valence-electron chi connectivity index (χ4n) is 2.08. The number of hydrogen-bond donors (Lipinski definition) is 3. The van der Waals surface area contributed by atoms with Crippen LogP contribution in [-0.4, -0.2) is 18.4 Å². The summed E-state index contributed by atoms with van der Waals surface area (Å²) in [7, 11) is 0. The Morgan fingerprint density at radius 2 is 1.82 bits per heavy atom. The maximum absolute atomic E-state index is 12.0. The highest BCUT2D eigenvalue weighted by Gasteiger charge is 2.09. The molecule has 0 aliphatic carbocycles. The van der Waals surface area contributed by atoms with E-state index in [0.29, 0.717) is 11.3 Å². The Balaban J connectivity index is 1.88. The van der Waals surface area contributed by atoms with Gasteiger partial charge in [-0.3, -0.25) is 9.59 Å². The van der Waals surface area contributed by atoms with Crippen LogP contribution in [0.1, 0.15) is 28.9 Å². The Morgan fingerprint density at radius 1 is 1.09 bits per heavy atom. The molecule has 114 valence electrons. The van der Waals surface area contributed by atoms with Crippen LogP contribution in [-0.2, 0) is 4.79 Å². The quantitative estimate of drug-likeness (QED) is 0.763. The molecule has 5 nitrogen and oxygen atoms in total. The van der Waals surface area contributed by atoms with Gasteiger partial charge in [-0.05, 0) is 30.7 Å². The van der Waals surface area contributed by atoms with Gasteiger partial charge >= 0.3 is 0 Å². The summed E-state index contributed by atoms with van der Waals surface area (Å²) in [4.78, 5) is 23.1. The minimum atomic E-state index is -0.495. The minimum absolute atomic E-state index is 0.0625. The fraction of sp³-hybridized carbons (Fsp3) is 0.176. The molecule has 0 bridgehead atoms. The van der Waals surface area contributed by atoms with E-state index < -0.39 is 5.91 Å². The number of carbonyl (C=O) groups is 2.